The molecule has 0 saturated carbocycles. The molecule has 85 heavy (non-hydrogen) atoms. The SMILES string of the molecule is [B]c1c([B])c([B])c(-c2cc(C(C)(C)C)ccc2-c2cc3c4c(c2)N(c2ccc(C(C)(C)C)cc2)c2c(sc5cc6c(cc25)C(C)(C)CCC6(C)C)B4c2cc4c(cc2N3c2ccc3c(c2)C(C)(C)CCC3(C)C)C(C)(C)CCC4(C)C)c([B])c1[B]. The zero-order chi connectivity index (χ0) is 61.2. The van der Waals surface area contributed by atoms with E-state index in [1.54, 1.807) is 0 Å². The van der Waals surface area contributed by atoms with Gasteiger partial charge in [-0.3, -0.25) is 0 Å². The van der Waals surface area contributed by atoms with Gasteiger partial charge in [0.05, 0.1) is 5.69 Å². The maximum absolute atomic E-state index is 7.19. The summed E-state index contributed by atoms with van der Waals surface area (Å²) in [7, 11) is 34.6. The summed E-state index contributed by atoms with van der Waals surface area (Å²) < 4.78 is 2.73. The quantitative estimate of drug-likeness (QED) is 0.162. The Morgan fingerprint density at radius 1 is 0.412 bits per heavy atom. The van der Waals surface area contributed by atoms with Crippen molar-refractivity contribution >= 4 is 145 Å². The third-order valence-electron chi connectivity index (χ3n) is 21.9. The fourth-order valence-corrected chi connectivity index (χ4v) is 17.1. The summed E-state index contributed by atoms with van der Waals surface area (Å²) in [5.74, 6) is 0. The highest BCUT2D eigenvalue weighted by molar-refractivity contribution is 7.33. The average Bonchev–Trinajstić information content (AvgIpc) is 1.93. The molecule has 0 spiro atoms. The summed E-state index contributed by atoms with van der Waals surface area (Å²) in [4.78, 5) is 5.34. The van der Waals surface area contributed by atoms with Crippen molar-refractivity contribution in [1.82, 2.24) is 0 Å². The van der Waals surface area contributed by atoms with E-state index in [2.05, 4.69) is 231 Å². The van der Waals surface area contributed by atoms with Gasteiger partial charge in [0.15, 0.2) is 0 Å². The van der Waals surface area contributed by atoms with Crippen molar-refractivity contribution in [3.63, 3.8) is 0 Å². The van der Waals surface area contributed by atoms with E-state index < -0.39 is 0 Å². The second kappa shape index (κ2) is 18.8. The van der Waals surface area contributed by atoms with Crippen LogP contribution in [0.4, 0.5) is 34.1 Å². The normalized spacial score (nSPS) is 19.2. The summed E-state index contributed by atoms with van der Waals surface area (Å²) in [5, 5.41) is 1.31. The molecule has 420 valence electrons. The first-order chi connectivity index (χ1) is 39.4. The lowest BCUT2D eigenvalue weighted by Gasteiger charge is -2.47. The highest BCUT2D eigenvalue weighted by atomic mass is 32.1. The van der Waals surface area contributed by atoms with Crippen LogP contribution in [0.15, 0.2) is 97.1 Å². The Kier molecular flexibility index (Phi) is 12.9. The molecule has 0 fully saturated rings. The van der Waals surface area contributed by atoms with Crippen molar-refractivity contribution < 1.29 is 0 Å². The number of hydrogen-bond acceptors (Lipinski definition) is 3. The molecule has 10 radical (unpaired) electrons. The highest BCUT2D eigenvalue weighted by Gasteiger charge is 2.50. The van der Waals surface area contributed by atoms with Crippen LogP contribution in [0.5, 0.6) is 0 Å². The largest absolute Gasteiger partial charge is 0.311 e. The molecule has 3 aliphatic carbocycles. The topological polar surface area (TPSA) is 6.48 Å². The minimum Gasteiger partial charge on any atom is -0.311 e. The minimum atomic E-state index is -0.219. The Morgan fingerprint density at radius 2 is 0.859 bits per heavy atom. The summed E-state index contributed by atoms with van der Waals surface area (Å²) in [6.07, 6.45) is 6.79. The van der Waals surface area contributed by atoms with Crippen LogP contribution in [0.3, 0.4) is 0 Å². The van der Waals surface area contributed by atoms with Gasteiger partial charge in [0.25, 0.3) is 6.71 Å². The van der Waals surface area contributed by atoms with Crippen molar-refractivity contribution in [2.45, 2.75) is 206 Å². The molecule has 7 aromatic carbocycles. The zero-order valence-electron chi connectivity index (χ0n) is 54.2. The van der Waals surface area contributed by atoms with Gasteiger partial charge in [-0.05, 0) is 214 Å². The number of hydrogen-bond donors (Lipinski definition) is 0. The molecule has 0 unspecified atom stereocenters. The maximum atomic E-state index is 7.19. The molecule has 9 heteroatoms. The number of thiophene rings is 1. The second-order valence-corrected chi connectivity index (χ2v) is 33.6. The molecule has 1 aromatic heterocycles. The monoisotopic (exact) mass is 1120 g/mol. The van der Waals surface area contributed by atoms with E-state index in [1.807, 2.05) is 11.3 Å². The van der Waals surface area contributed by atoms with Crippen molar-refractivity contribution in [2.24, 2.45) is 0 Å². The summed E-state index contributed by atoms with van der Waals surface area (Å²) >= 11 is 2.02. The van der Waals surface area contributed by atoms with E-state index in [9.17, 15) is 0 Å². The fourth-order valence-electron chi connectivity index (χ4n) is 15.7. The number of nitrogens with zero attached hydrogens (tertiary/aromatic N) is 2. The molecule has 2 nitrogen and oxygen atoms in total. The van der Waals surface area contributed by atoms with E-state index in [4.69, 9.17) is 39.2 Å². The van der Waals surface area contributed by atoms with E-state index in [-0.39, 0.29) is 66.4 Å². The van der Waals surface area contributed by atoms with Crippen LogP contribution in [0.1, 0.15) is 208 Å². The van der Waals surface area contributed by atoms with Gasteiger partial charge in [0.2, 0.25) is 0 Å². The third kappa shape index (κ3) is 8.87. The molecular formula is C76H82B6N2S. The predicted octanol–water partition coefficient (Wildman–Crippen LogP) is 13.9. The van der Waals surface area contributed by atoms with Gasteiger partial charge in [0, 0.05) is 43.3 Å². The molecule has 0 amide bonds. The van der Waals surface area contributed by atoms with Gasteiger partial charge >= 0.3 is 0 Å². The van der Waals surface area contributed by atoms with Gasteiger partial charge in [-0.15, -0.1) is 27.7 Å². The van der Waals surface area contributed by atoms with Gasteiger partial charge in [-0.1, -0.05) is 178 Å². The van der Waals surface area contributed by atoms with Crippen LogP contribution in [-0.4, -0.2) is 45.9 Å². The molecule has 8 aromatic rings. The highest BCUT2D eigenvalue weighted by Crippen LogP contribution is 2.56. The van der Waals surface area contributed by atoms with Crippen molar-refractivity contribution in [3.8, 4) is 22.3 Å². The van der Waals surface area contributed by atoms with Crippen molar-refractivity contribution in [3.05, 3.63) is 142 Å². The summed E-state index contributed by atoms with van der Waals surface area (Å²) in [6.45, 7) is 43.1. The van der Waals surface area contributed by atoms with Crippen LogP contribution in [0, 0.1) is 0 Å². The zero-order valence-corrected chi connectivity index (χ0v) is 55.1. The van der Waals surface area contributed by atoms with Crippen molar-refractivity contribution in [1.29, 1.82) is 0 Å². The number of anilines is 6. The van der Waals surface area contributed by atoms with Crippen LogP contribution in [0.2, 0.25) is 0 Å². The minimum absolute atomic E-state index is 0.00219. The number of fused-ring (bicyclic) bond motifs is 9. The molecule has 0 saturated heterocycles. The predicted molar refractivity (Wildman–Crippen MR) is 377 cm³/mol. The standard InChI is InChI=1S/C76H82B6N2S/c1-69(2,3)42-19-22-44(23-20-42)84-58-34-41(46-25-21-43(70(4,5)6)35-47(46)60-61(77)63(79)65(81)64(80)62(60)78)33-57-66(58)82(68-67(84)48-37-51-54(40-59(48)85-68)76(17,18)32-29-73(51,11)12)55-38-52-53(75(15,16)31-30-74(52,13)14)39-56(55)83(57)45-24-26-49-50(36-45)72(9,10)28-27-71(49,7)8/h19-26,33-40H,27-32H2,1-18H3. The lowest BCUT2D eigenvalue weighted by molar-refractivity contribution is 0.332. The molecule has 13 rings (SSSR count). The Balaban J connectivity index is 1.23. The van der Waals surface area contributed by atoms with Crippen LogP contribution in [0.25, 0.3) is 32.3 Å². The Morgan fingerprint density at radius 3 is 1.40 bits per heavy atom. The number of benzene rings is 7. The Labute approximate surface area is 521 Å². The molecule has 5 aliphatic rings. The average molecular weight is 1120 g/mol. The van der Waals surface area contributed by atoms with Gasteiger partial charge in [0.1, 0.15) is 39.2 Å². The van der Waals surface area contributed by atoms with Crippen molar-refractivity contribution in [2.75, 3.05) is 9.80 Å². The third-order valence-corrected chi connectivity index (χ3v) is 23.1. The lowest BCUT2D eigenvalue weighted by atomic mass is 9.35. The van der Waals surface area contributed by atoms with E-state index >= 15 is 0 Å². The smallest absolute Gasteiger partial charge is 0.264 e. The summed E-state index contributed by atoms with van der Waals surface area (Å²) in [6, 6.07) is 39.3. The molecule has 0 atom stereocenters. The molecule has 3 heterocycles. The van der Waals surface area contributed by atoms with E-state index in [0.717, 1.165) is 77.8 Å². The van der Waals surface area contributed by atoms with Gasteiger partial charge in [-0.2, -0.15) is 0 Å². The molecule has 2 aliphatic heterocycles. The fraction of sp³-hybridized carbons (Fsp3) is 0.421. The Hall–Kier alpha value is -5.51. The molecule has 0 bridgehead atoms. The first kappa shape index (κ1) is 58.5. The van der Waals surface area contributed by atoms with E-state index in [1.165, 1.54) is 81.8 Å². The molecule has 0 N–H and O–H groups in total. The van der Waals surface area contributed by atoms with E-state index in [0.29, 0.717) is 16.5 Å². The first-order valence-corrected chi connectivity index (χ1v) is 32.3. The van der Waals surface area contributed by atoms with Gasteiger partial charge in [-0.25, -0.2) is 0 Å². The molecular weight excluding hydrogens is 1040 g/mol. The van der Waals surface area contributed by atoms with Crippen LogP contribution in [-0.2, 0) is 43.3 Å². The van der Waals surface area contributed by atoms with Crippen LogP contribution >= 0.6 is 11.3 Å². The summed E-state index contributed by atoms with van der Waals surface area (Å²) in [5.41, 5.74) is 25.5. The first-order valence-electron chi connectivity index (χ1n) is 31.4. The maximum Gasteiger partial charge on any atom is 0.264 e. The van der Waals surface area contributed by atoms with Gasteiger partial charge < -0.3 is 9.80 Å². The Bertz CT molecular complexity index is 4150. The number of rotatable bonds is 4. The second-order valence-electron chi connectivity index (χ2n) is 32.5. The van der Waals surface area contributed by atoms with Crippen LogP contribution < -0.4 is 52.8 Å². The lowest BCUT2D eigenvalue weighted by Crippen LogP contribution is -2.61.